The van der Waals surface area contributed by atoms with Gasteiger partial charge in [0, 0.05) is 16.7 Å². The van der Waals surface area contributed by atoms with Crippen molar-refractivity contribution in [2.75, 3.05) is 30.4 Å². The van der Waals surface area contributed by atoms with Crippen LogP contribution in [0.4, 0.5) is 11.4 Å². The maximum absolute atomic E-state index is 12.5. The number of carbonyl (C=O) groups excluding carboxylic acids is 1. The molecule has 24 heavy (non-hydrogen) atoms. The van der Waals surface area contributed by atoms with Crippen LogP contribution < -0.4 is 15.0 Å². The molecule has 0 saturated heterocycles. The minimum atomic E-state index is -0.0314. The third-order valence-electron chi connectivity index (χ3n) is 4.09. The summed E-state index contributed by atoms with van der Waals surface area (Å²) in [5.41, 5.74) is 1.85. The second kappa shape index (κ2) is 7.62. The van der Waals surface area contributed by atoms with Crippen molar-refractivity contribution in [3.63, 3.8) is 0 Å². The van der Waals surface area contributed by atoms with E-state index in [1.54, 1.807) is 7.11 Å². The first-order chi connectivity index (χ1) is 11.7. The highest BCUT2D eigenvalue weighted by Gasteiger charge is 2.25. The van der Waals surface area contributed by atoms with Gasteiger partial charge in [0.05, 0.1) is 25.0 Å². The highest BCUT2D eigenvalue weighted by Crippen LogP contribution is 2.39. The summed E-state index contributed by atoms with van der Waals surface area (Å²) in [6.07, 6.45) is 1.09. The number of carbonyl (C=O) groups is 1. The van der Waals surface area contributed by atoms with Gasteiger partial charge in [0.15, 0.2) is 0 Å². The van der Waals surface area contributed by atoms with Crippen molar-refractivity contribution in [2.24, 2.45) is 0 Å². The van der Waals surface area contributed by atoms with E-state index in [4.69, 9.17) is 4.74 Å². The van der Waals surface area contributed by atoms with Gasteiger partial charge in [0.25, 0.3) is 0 Å². The molecule has 0 radical (unpaired) electrons. The monoisotopic (exact) mass is 342 g/mol. The van der Waals surface area contributed by atoms with Gasteiger partial charge in [-0.05, 0) is 30.7 Å². The molecular formula is C19H22N2O2S. The van der Waals surface area contributed by atoms with Crippen molar-refractivity contribution in [1.29, 1.82) is 0 Å². The molecule has 5 heteroatoms. The van der Waals surface area contributed by atoms with Crippen molar-refractivity contribution in [1.82, 2.24) is 0 Å². The molecule has 2 aromatic rings. The molecule has 0 saturated carbocycles. The Bertz CT molecular complexity index is 720. The van der Waals surface area contributed by atoms with Crippen LogP contribution in [-0.2, 0) is 4.79 Å². The minimum absolute atomic E-state index is 0.0314. The van der Waals surface area contributed by atoms with Crippen LogP contribution >= 0.6 is 11.8 Å². The van der Waals surface area contributed by atoms with E-state index >= 15 is 0 Å². The lowest BCUT2D eigenvalue weighted by Gasteiger charge is -2.34. The van der Waals surface area contributed by atoms with Gasteiger partial charge in [0.2, 0.25) is 5.91 Å². The molecule has 1 aliphatic heterocycles. The number of fused-ring (bicyclic) bond motifs is 1. The number of rotatable bonds is 5. The van der Waals surface area contributed by atoms with Crippen LogP contribution in [0.3, 0.4) is 0 Å². The second-order valence-corrected chi connectivity index (χ2v) is 7.09. The van der Waals surface area contributed by atoms with Gasteiger partial charge in [-0.25, -0.2) is 0 Å². The number of nitrogens with one attached hydrogen (secondary N) is 1. The Kier molecular flexibility index (Phi) is 5.30. The van der Waals surface area contributed by atoms with Crippen LogP contribution in [0.25, 0.3) is 0 Å². The van der Waals surface area contributed by atoms with Gasteiger partial charge >= 0.3 is 0 Å². The number of para-hydroxylation sites is 3. The van der Waals surface area contributed by atoms with Crippen LogP contribution in [0.2, 0.25) is 0 Å². The molecule has 0 bridgehead atoms. The summed E-state index contributed by atoms with van der Waals surface area (Å²) in [5.74, 6) is 0.642. The molecule has 4 nitrogen and oxygen atoms in total. The molecule has 1 heterocycles. The molecule has 0 aromatic heterocycles. The summed E-state index contributed by atoms with van der Waals surface area (Å²) in [6.45, 7) is 3.42. The molecule has 0 fully saturated rings. The van der Waals surface area contributed by atoms with Gasteiger partial charge in [-0.3, -0.25) is 4.79 Å². The van der Waals surface area contributed by atoms with Crippen LogP contribution in [0, 0.1) is 0 Å². The number of benzene rings is 2. The Morgan fingerprint density at radius 2 is 2.00 bits per heavy atom. The number of methoxy groups -OCH3 is 1. The third-order valence-corrected chi connectivity index (χ3v) is 5.51. The Hall–Kier alpha value is -2.14. The number of amides is 1. The van der Waals surface area contributed by atoms with Gasteiger partial charge < -0.3 is 15.0 Å². The standard InChI is InChI=1S/C19H22N2O2S/c1-3-14-12-21(16-9-5-7-11-18(16)24-14)13-19(22)20-15-8-4-6-10-17(15)23-2/h4-11,14H,3,12-13H2,1-2H3,(H,20,22)/t14-/m0/s1. The molecule has 0 unspecified atom stereocenters. The summed E-state index contributed by atoms with van der Waals surface area (Å²) in [5, 5.41) is 3.47. The number of hydrogen-bond donors (Lipinski definition) is 1. The zero-order chi connectivity index (χ0) is 16.9. The fourth-order valence-corrected chi connectivity index (χ4v) is 4.11. The second-order valence-electron chi connectivity index (χ2n) is 5.74. The molecular weight excluding hydrogens is 320 g/mol. The molecule has 1 N–H and O–H groups in total. The number of anilines is 2. The average molecular weight is 342 g/mol. The fraction of sp³-hybridized carbons (Fsp3) is 0.316. The molecule has 0 aliphatic carbocycles. The van der Waals surface area contributed by atoms with Gasteiger partial charge in [-0.15, -0.1) is 11.8 Å². The highest BCUT2D eigenvalue weighted by atomic mass is 32.2. The smallest absolute Gasteiger partial charge is 0.243 e. The quantitative estimate of drug-likeness (QED) is 0.891. The Morgan fingerprint density at radius 3 is 2.79 bits per heavy atom. The zero-order valence-electron chi connectivity index (χ0n) is 14.0. The van der Waals surface area contributed by atoms with E-state index in [-0.39, 0.29) is 5.91 Å². The first-order valence-electron chi connectivity index (χ1n) is 8.14. The highest BCUT2D eigenvalue weighted by molar-refractivity contribution is 8.00. The predicted molar refractivity (Wildman–Crippen MR) is 100 cm³/mol. The van der Waals surface area contributed by atoms with Crippen molar-refractivity contribution >= 4 is 29.0 Å². The summed E-state index contributed by atoms with van der Waals surface area (Å²) >= 11 is 1.90. The molecule has 126 valence electrons. The van der Waals surface area contributed by atoms with E-state index in [0.29, 0.717) is 23.2 Å². The molecule has 2 aromatic carbocycles. The van der Waals surface area contributed by atoms with E-state index in [1.165, 1.54) is 4.90 Å². The number of thioether (sulfide) groups is 1. The largest absolute Gasteiger partial charge is 0.495 e. The fourth-order valence-electron chi connectivity index (χ4n) is 2.85. The first kappa shape index (κ1) is 16.7. The Morgan fingerprint density at radius 1 is 1.25 bits per heavy atom. The summed E-state index contributed by atoms with van der Waals surface area (Å²) in [6, 6.07) is 15.8. The van der Waals surface area contributed by atoms with Crippen molar-refractivity contribution < 1.29 is 9.53 Å². The van der Waals surface area contributed by atoms with Crippen LogP contribution in [-0.4, -0.2) is 31.4 Å². The van der Waals surface area contributed by atoms with Crippen LogP contribution in [0.15, 0.2) is 53.4 Å². The van der Waals surface area contributed by atoms with Crippen molar-refractivity contribution in [3.05, 3.63) is 48.5 Å². The summed E-state index contributed by atoms with van der Waals surface area (Å²) in [4.78, 5) is 16.0. The third kappa shape index (κ3) is 3.67. The molecule has 1 atom stereocenters. The SMILES string of the molecule is CC[C@H]1CN(CC(=O)Nc2ccccc2OC)c2ccccc2S1. The summed E-state index contributed by atoms with van der Waals surface area (Å²) < 4.78 is 5.30. The van der Waals surface area contributed by atoms with Crippen LogP contribution in [0.5, 0.6) is 5.75 Å². The Labute approximate surface area is 147 Å². The average Bonchev–Trinajstić information content (AvgIpc) is 2.62. The van der Waals surface area contributed by atoms with Crippen molar-refractivity contribution in [2.45, 2.75) is 23.5 Å². The predicted octanol–water partition coefficient (Wildman–Crippen LogP) is 4.02. The van der Waals surface area contributed by atoms with Crippen molar-refractivity contribution in [3.8, 4) is 5.75 Å². The zero-order valence-corrected chi connectivity index (χ0v) is 14.8. The molecule has 0 spiro atoms. The Balaban J connectivity index is 1.74. The lowest BCUT2D eigenvalue weighted by molar-refractivity contribution is -0.115. The van der Waals surface area contributed by atoms with E-state index in [0.717, 1.165) is 18.7 Å². The molecule has 1 aliphatic rings. The van der Waals surface area contributed by atoms with Crippen LogP contribution in [0.1, 0.15) is 13.3 Å². The van der Waals surface area contributed by atoms with E-state index < -0.39 is 0 Å². The maximum Gasteiger partial charge on any atom is 0.243 e. The summed E-state index contributed by atoms with van der Waals surface area (Å²) in [7, 11) is 1.61. The van der Waals surface area contributed by atoms with E-state index in [1.807, 2.05) is 42.1 Å². The topological polar surface area (TPSA) is 41.6 Å². The number of ether oxygens (including phenoxy) is 1. The maximum atomic E-state index is 12.5. The normalized spacial score (nSPS) is 16.4. The lowest BCUT2D eigenvalue weighted by atomic mass is 10.2. The first-order valence-corrected chi connectivity index (χ1v) is 9.02. The minimum Gasteiger partial charge on any atom is -0.495 e. The van der Waals surface area contributed by atoms with Gasteiger partial charge in [-0.2, -0.15) is 0 Å². The van der Waals surface area contributed by atoms with E-state index in [2.05, 4.69) is 35.3 Å². The van der Waals surface area contributed by atoms with Gasteiger partial charge in [0.1, 0.15) is 5.75 Å². The number of nitrogens with zero attached hydrogens (tertiary/aromatic N) is 1. The lowest BCUT2D eigenvalue weighted by Crippen LogP contribution is -2.40. The molecule has 3 rings (SSSR count). The number of hydrogen-bond acceptors (Lipinski definition) is 4. The van der Waals surface area contributed by atoms with Gasteiger partial charge in [-0.1, -0.05) is 31.2 Å². The molecule has 1 amide bonds. The van der Waals surface area contributed by atoms with E-state index in [9.17, 15) is 4.79 Å².